The van der Waals surface area contributed by atoms with Crippen molar-refractivity contribution in [2.45, 2.75) is 33.0 Å². The first-order chi connectivity index (χ1) is 7.04. The number of amides is 1. The van der Waals surface area contributed by atoms with Crippen molar-refractivity contribution in [1.82, 2.24) is 10.2 Å². The molecule has 1 saturated heterocycles. The van der Waals surface area contributed by atoms with Gasteiger partial charge in [0.1, 0.15) is 0 Å². The topological polar surface area (TPSA) is 41.6 Å². The van der Waals surface area contributed by atoms with Gasteiger partial charge in [0.2, 0.25) is 5.91 Å². The van der Waals surface area contributed by atoms with E-state index < -0.39 is 0 Å². The highest BCUT2D eigenvalue weighted by atomic mass is 16.5. The lowest BCUT2D eigenvalue weighted by Gasteiger charge is -2.36. The molecule has 1 N–H and O–H groups in total. The minimum atomic E-state index is 0.0486. The Kier molecular flexibility index (Phi) is 4.54. The fourth-order valence-electron chi connectivity index (χ4n) is 2.06. The highest BCUT2D eigenvalue weighted by Crippen LogP contribution is 2.13. The third-order valence-corrected chi connectivity index (χ3v) is 2.66. The van der Waals surface area contributed by atoms with E-state index in [0.29, 0.717) is 0 Å². The number of rotatable bonds is 3. The van der Waals surface area contributed by atoms with Crippen LogP contribution >= 0.6 is 0 Å². The van der Waals surface area contributed by atoms with E-state index in [0.717, 1.165) is 19.6 Å². The fourth-order valence-corrected chi connectivity index (χ4v) is 2.06. The third kappa shape index (κ3) is 3.47. The molecule has 0 aromatic carbocycles. The maximum atomic E-state index is 12.0. The molecule has 0 aromatic rings. The Labute approximate surface area is 92.0 Å². The van der Waals surface area contributed by atoms with E-state index in [2.05, 4.69) is 5.32 Å². The Bertz CT molecular complexity index is 211. The van der Waals surface area contributed by atoms with Crippen LogP contribution in [0.25, 0.3) is 0 Å². The third-order valence-electron chi connectivity index (χ3n) is 2.66. The Morgan fingerprint density at radius 3 is 2.47 bits per heavy atom. The highest BCUT2D eigenvalue weighted by molar-refractivity contribution is 5.78. The first-order valence-electron chi connectivity index (χ1n) is 5.63. The van der Waals surface area contributed by atoms with Crippen molar-refractivity contribution >= 4 is 5.91 Å². The molecule has 3 atom stereocenters. The van der Waals surface area contributed by atoms with Gasteiger partial charge in [-0.15, -0.1) is 0 Å². The maximum absolute atomic E-state index is 12.0. The van der Waals surface area contributed by atoms with Gasteiger partial charge in [-0.05, 0) is 20.9 Å². The number of hydrogen-bond acceptors (Lipinski definition) is 3. The van der Waals surface area contributed by atoms with Gasteiger partial charge in [-0.3, -0.25) is 4.79 Å². The van der Waals surface area contributed by atoms with Crippen LogP contribution in [0.2, 0.25) is 0 Å². The molecule has 0 aliphatic carbocycles. The van der Waals surface area contributed by atoms with Crippen molar-refractivity contribution in [2.24, 2.45) is 5.92 Å². The van der Waals surface area contributed by atoms with Gasteiger partial charge < -0.3 is 15.0 Å². The van der Waals surface area contributed by atoms with Crippen LogP contribution in [0.5, 0.6) is 0 Å². The normalized spacial score (nSPS) is 28.9. The number of nitrogens with one attached hydrogen (secondary N) is 1. The summed E-state index contributed by atoms with van der Waals surface area (Å²) in [4.78, 5) is 13.9. The minimum Gasteiger partial charge on any atom is -0.372 e. The molecule has 1 amide bonds. The fraction of sp³-hybridized carbons (Fsp3) is 0.909. The minimum absolute atomic E-state index is 0.0486. The standard InChI is InChI=1S/C11H22N2O2/c1-8(5-12-4)11(14)13-6-9(2)15-10(3)7-13/h8-10,12H,5-7H2,1-4H3. The van der Waals surface area contributed by atoms with E-state index in [1.165, 1.54) is 0 Å². The molecule has 1 fully saturated rings. The molecule has 1 rings (SSSR count). The number of hydrogen-bond donors (Lipinski definition) is 1. The average Bonchev–Trinajstić information content (AvgIpc) is 2.15. The van der Waals surface area contributed by atoms with E-state index >= 15 is 0 Å². The molecule has 3 unspecified atom stereocenters. The van der Waals surface area contributed by atoms with Crippen LogP contribution in [0.15, 0.2) is 0 Å². The Balaban J connectivity index is 2.51. The summed E-state index contributed by atoms with van der Waals surface area (Å²) in [6.07, 6.45) is 0.305. The van der Waals surface area contributed by atoms with Crippen molar-refractivity contribution in [2.75, 3.05) is 26.7 Å². The lowest BCUT2D eigenvalue weighted by Crippen LogP contribution is -2.50. The summed E-state index contributed by atoms with van der Waals surface area (Å²) in [6.45, 7) is 8.16. The molecular formula is C11H22N2O2. The Morgan fingerprint density at radius 2 is 2.00 bits per heavy atom. The van der Waals surface area contributed by atoms with Gasteiger partial charge >= 0.3 is 0 Å². The van der Waals surface area contributed by atoms with Crippen LogP contribution in [0.3, 0.4) is 0 Å². The second kappa shape index (κ2) is 5.47. The van der Waals surface area contributed by atoms with Crippen LogP contribution in [0.4, 0.5) is 0 Å². The molecule has 1 heterocycles. The molecule has 0 aromatic heterocycles. The van der Waals surface area contributed by atoms with Crippen molar-refractivity contribution in [3.8, 4) is 0 Å². The monoisotopic (exact) mass is 214 g/mol. The molecule has 4 nitrogen and oxygen atoms in total. The molecule has 4 heteroatoms. The largest absolute Gasteiger partial charge is 0.372 e. The van der Waals surface area contributed by atoms with Gasteiger partial charge in [0, 0.05) is 25.6 Å². The summed E-state index contributed by atoms with van der Waals surface area (Å²) in [6, 6.07) is 0. The van der Waals surface area contributed by atoms with Crippen LogP contribution in [-0.4, -0.2) is 49.7 Å². The molecule has 1 aliphatic rings. The molecule has 0 spiro atoms. The SMILES string of the molecule is CNCC(C)C(=O)N1CC(C)OC(C)C1. The van der Waals surface area contributed by atoms with Gasteiger partial charge in [-0.2, -0.15) is 0 Å². The van der Waals surface area contributed by atoms with Crippen molar-refractivity contribution in [3.63, 3.8) is 0 Å². The second-order valence-corrected chi connectivity index (χ2v) is 4.46. The smallest absolute Gasteiger partial charge is 0.226 e. The van der Waals surface area contributed by atoms with Crippen molar-refractivity contribution < 1.29 is 9.53 Å². The summed E-state index contributed by atoms with van der Waals surface area (Å²) in [5.74, 6) is 0.277. The molecule has 1 aliphatic heterocycles. The first kappa shape index (κ1) is 12.5. The molecule has 15 heavy (non-hydrogen) atoms. The lowest BCUT2D eigenvalue weighted by atomic mass is 10.1. The summed E-state index contributed by atoms with van der Waals surface area (Å²) in [7, 11) is 1.87. The van der Waals surface area contributed by atoms with E-state index in [1.807, 2.05) is 32.7 Å². The number of morpholine rings is 1. The predicted octanol–water partition coefficient (Wildman–Crippen LogP) is 0.478. The lowest BCUT2D eigenvalue weighted by molar-refractivity contribution is -0.146. The van der Waals surface area contributed by atoms with Crippen LogP contribution in [0, 0.1) is 5.92 Å². The number of carbonyl (C=O) groups is 1. The zero-order valence-corrected chi connectivity index (χ0v) is 10.1. The number of nitrogens with zero attached hydrogens (tertiary/aromatic N) is 1. The van der Waals surface area contributed by atoms with E-state index in [4.69, 9.17) is 4.74 Å². The quantitative estimate of drug-likeness (QED) is 0.743. The average molecular weight is 214 g/mol. The van der Waals surface area contributed by atoms with Gasteiger partial charge in [0.05, 0.1) is 12.2 Å². The van der Waals surface area contributed by atoms with Gasteiger partial charge in [-0.25, -0.2) is 0 Å². The molecule has 0 bridgehead atoms. The van der Waals surface area contributed by atoms with Crippen LogP contribution in [-0.2, 0) is 9.53 Å². The first-order valence-corrected chi connectivity index (χ1v) is 5.63. The molecular weight excluding hydrogens is 192 g/mol. The van der Waals surface area contributed by atoms with Gasteiger partial charge in [-0.1, -0.05) is 6.92 Å². The summed E-state index contributed by atoms with van der Waals surface area (Å²) >= 11 is 0. The van der Waals surface area contributed by atoms with Gasteiger partial charge in [0.15, 0.2) is 0 Å². The van der Waals surface area contributed by atoms with E-state index in [1.54, 1.807) is 0 Å². The number of ether oxygens (including phenoxy) is 1. The zero-order chi connectivity index (χ0) is 11.4. The van der Waals surface area contributed by atoms with Crippen LogP contribution < -0.4 is 5.32 Å². The zero-order valence-electron chi connectivity index (χ0n) is 10.1. The van der Waals surface area contributed by atoms with Crippen LogP contribution in [0.1, 0.15) is 20.8 Å². The highest BCUT2D eigenvalue weighted by Gasteiger charge is 2.28. The van der Waals surface area contributed by atoms with Crippen molar-refractivity contribution in [1.29, 1.82) is 0 Å². The van der Waals surface area contributed by atoms with E-state index in [-0.39, 0.29) is 24.0 Å². The Hall–Kier alpha value is -0.610. The van der Waals surface area contributed by atoms with E-state index in [9.17, 15) is 4.79 Å². The number of carbonyl (C=O) groups excluding carboxylic acids is 1. The molecule has 0 saturated carbocycles. The molecule has 0 radical (unpaired) electrons. The van der Waals surface area contributed by atoms with Crippen molar-refractivity contribution in [3.05, 3.63) is 0 Å². The molecule has 88 valence electrons. The summed E-state index contributed by atoms with van der Waals surface area (Å²) in [5, 5.41) is 3.03. The maximum Gasteiger partial charge on any atom is 0.226 e. The summed E-state index contributed by atoms with van der Waals surface area (Å²) in [5.41, 5.74) is 0. The second-order valence-electron chi connectivity index (χ2n) is 4.46. The summed E-state index contributed by atoms with van der Waals surface area (Å²) < 4.78 is 5.60. The Morgan fingerprint density at radius 1 is 1.47 bits per heavy atom. The predicted molar refractivity (Wildman–Crippen MR) is 59.7 cm³/mol. The van der Waals surface area contributed by atoms with Gasteiger partial charge in [0.25, 0.3) is 0 Å².